The van der Waals surface area contributed by atoms with Crippen LogP contribution in [0.5, 0.6) is 0 Å². The summed E-state index contributed by atoms with van der Waals surface area (Å²) in [6.07, 6.45) is 2.52. The Hall–Kier alpha value is -1.39. The molecule has 4 nitrogen and oxygen atoms in total. The van der Waals surface area contributed by atoms with Crippen molar-refractivity contribution in [3.8, 4) is 0 Å². The molecule has 2 rings (SSSR count). The number of hydrogen-bond acceptors (Lipinski definition) is 3. The van der Waals surface area contributed by atoms with Gasteiger partial charge >= 0.3 is 0 Å². The predicted octanol–water partition coefficient (Wildman–Crippen LogP) is 1.36. The van der Waals surface area contributed by atoms with E-state index in [0.717, 1.165) is 19.6 Å². The minimum atomic E-state index is -0.370. The molecule has 1 saturated heterocycles. The fourth-order valence-corrected chi connectivity index (χ4v) is 2.56. The highest BCUT2D eigenvalue weighted by Crippen LogP contribution is 2.11. The van der Waals surface area contributed by atoms with E-state index in [1.165, 1.54) is 24.9 Å². The van der Waals surface area contributed by atoms with E-state index in [4.69, 9.17) is 5.73 Å². The van der Waals surface area contributed by atoms with Gasteiger partial charge in [-0.05, 0) is 43.6 Å². The summed E-state index contributed by atoms with van der Waals surface area (Å²) in [7, 11) is 0. The average molecular weight is 261 g/mol. The number of nitrogens with zero attached hydrogens (tertiary/aromatic N) is 1. The van der Waals surface area contributed by atoms with Crippen molar-refractivity contribution in [1.29, 1.82) is 0 Å². The van der Waals surface area contributed by atoms with Gasteiger partial charge in [0.1, 0.15) is 0 Å². The molecule has 0 aliphatic carbocycles. The van der Waals surface area contributed by atoms with Gasteiger partial charge in [-0.2, -0.15) is 0 Å². The van der Waals surface area contributed by atoms with Gasteiger partial charge in [-0.25, -0.2) is 0 Å². The summed E-state index contributed by atoms with van der Waals surface area (Å²) < 4.78 is 0. The zero-order chi connectivity index (χ0) is 13.7. The van der Waals surface area contributed by atoms with Crippen LogP contribution in [0.15, 0.2) is 24.3 Å². The third-order valence-electron chi connectivity index (χ3n) is 3.79. The first-order chi connectivity index (χ1) is 9.19. The fraction of sp³-hybridized carbons (Fsp3) is 0.533. The Morgan fingerprint density at radius 1 is 1.42 bits per heavy atom. The molecule has 3 N–H and O–H groups in total. The molecular formula is C15H23N3O. The molecule has 0 saturated carbocycles. The van der Waals surface area contributed by atoms with E-state index >= 15 is 0 Å². The molecule has 19 heavy (non-hydrogen) atoms. The molecule has 0 aromatic heterocycles. The summed E-state index contributed by atoms with van der Waals surface area (Å²) in [6, 6.07) is 8.09. The smallest absolute Gasteiger partial charge is 0.248 e. The maximum Gasteiger partial charge on any atom is 0.248 e. The van der Waals surface area contributed by atoms with Crippen molar-refractivity contribution < 1.29 is 4.79 Å². The molecule has 4 heteroatoms. The Morgan fingerprint density at radius 2 is 2.16 bits per heavy atom. The molecule has 1 unspecified atom stereocenters. The molecule has 1 aromatic carbocycles. The minimum Gasteiger partial charge on any atom is -0.366 e. The van der Waals surface area contributed by atoms with E-state index < -0.39 is 0 Å². The Labute approximate surface area is 115 Å². The SMILES string of the molecule is CCN1CCCC(NCc2ccc(C(N)=O)cc2)C1. The maximum atomic E-state index is 11.0. The van der Waals surface area contributed by atoms with Gasteiger partial charge < -0.3 is 16.0 Å². The Balaban J connectivity index is 1.83. The van der Waals surface area contributed by atoms with Gasteiger partial charge in [-0.1, -0.05) is 19.1 Å². The number of benzene rings is 1. The van der Waals surface area contributed by atoms with E-state index in [-0.39, 0.29) is 5.91 Å². The number of likely N-dealkylation sites (tertiary alicyclic amines) is 1. The van der Waals surface area contributed by atoms with Crippen molar-refractivity contribution >= 4 is 5.91 Å². The summed E-state index contributed by atoms with van der Waals surface area (Å²) in [5.74, 6) is -0.370. The van der Waals surface area contributed by atoms with E-state index in [0.29, 0.717) is 11.6 Å². The Kier molecular flexibility index (Phi) is 4.93. The highest BCUT2D eigenvalue weighted by atomic mass is 16.1. The van der Waals surface area contributed by atoms with Gasteiger partial charge in [0.2, 0.25) is 5.91 Å². The van der Waals surface area contributed by atoms with Gasteiger partial charge in [0.15, 0.2) is 0 Å². The Morgan fingerprint density at radius 3 is 2.79 bits per heavy atom. The first-order valence-electron chi connectivity index (χ1n) is 7.03. The van der Waals surface area contributed by atoms with Gasteiger partial charge in [0.25, 0.3) is 0 Å². The van der Waals surface area contributed by atoms with Crippen LogP contribution in [0.25, 0.3) is 0 Å². The zero-order valence-corrected chi connectivity index (χ0v) is 11.6. The van der Waals surface area contributed by atoms with Crippen molar-refractivity contribution in [2.45, 2.75) is 32.4 Å². The molecule has 1 aliphatic rings. The second-order valence-electron chi connectivity index (χ2n) is 5.17. The zero-order valence-electron chi connectivity index (χ0n) is 11.6. The largest absolute Gasteiger partial charge is 0.366 e. The van der Waals surface area contributed by atoms with Gasteiger partial charge in [0.05, 0.1) is 0 Å². The Bertz CT molecular complexity index is 416. The molecule has 1 fully saturated rings. The van der Waals surface area contributed by atoms with E-state index in [1.807, 2.05) is 12.1 Å². The minimum absolute atomic E-state index is 0.370. The van der Waals surface area contributed by atoms with Crippen molar-refractivity contribution in [2.75, 3.05) is 19.6 Å². The quantitative estimate of drug-likeness (QED) is 0.841. The molecular weight excluding hydrogens is 238 g/mol. The number of piperidine rings is 1. The highest BCUT2D eigenvalue weighted by Gasteiger charge is 2.17. The lowest BCUT2D eigenvalue weighted by atomic mass is 10.0. The molecule has 1 aromatic rings. The van der Waals surface area contributed by atoms with Gasteiger partial charge in [-0.3, -0.25) is 4.79 Å². The van der Waals surface area contributed by atoms with Crippen LogP contribution < -0.4 is 11.1 Å². The van der Waals surface area contributed by atoms with Crippen molar-refractivity contribution in [3.05, 3.63) is 35.4 Å². The molecule has 0 bridgehead atoms. The number of primary amides is 1. The lowest BCUT2D eigenvalue weighted by molar-refractivity contribution is 0.100. The molecule has 1 heterocycles. The summed E-state index contributed by atoms with van der Waals surface area (Å²) in [4.78, 5) is 13.5. The van der Waals surface area contributed by atoms with Crippen LogP contribution in [0.3, 0.4) is 0 Å². The highest BCUT2D eigenvalue weighted by molar-refractivity contribution is 5.92. The molecule has 1 aliphatic heterocycles. The normalized spacial score (nSPS) is 20.4. The summed E-state index contributed by atoms with van der Waals surface area (Å²) in [5.41, 5.74) is 6.99. The number of amides is 1. The fourth-order valence-electron chi connectivity index (χ4n) is 2.56. The standard InChI is InChI=1S/C15H23N3O/c1-2-18-9-3-4-14(11-18)17-10-12-5-7-13(8-6-12)15(16)19/h5-8,14,17H,2-4,9-11H2,1H3,(H2,16,19). The lowest BCUT2D eigenvalue weighted by Gasteiger charge is -2.32. The summed E-state index contributed by atoms with van der Waals surface area (Å²) >= 11 is 0. The van der Waals surface area contributed by atoms with Gasteiger partial charge in [-0.15, -0.1) is 0 Å². The van der Waals surface area contributed by atoms with Gasteiger partial charge in [0, 0.05) is 24.7 Å². The number of carbonyl (C=O) groups excluding carboxylic acids is 1. The van der Waals surface area contributed by atoms with Crippen LogP contribution in [0.2, 0.25) is 0 Å². The van der Waals surface area contributed by atoms with Crippen molar-refractivity contribution in [2.24, 2.45) is 5.73 Å². The average Bonchev–Trinajstić information content (AvgIpc) is 2.46. The topological polar surface area (TPSA) is 58.4 Å². The van der Waals surface area contributed by atoms with Crippen molar-refractivity contribution in [3.63, 3.8) is 0 Å². The van der Waals surface area contributed by atoms with E-state index in [9.17, 15) is 4.79 Å². The number of nitrogens with one attached hydrogen (secondary N) is 1. The first kappa shape index (κ1) is 14.0. The summed E-state index contributed by atoms with van der Waals surface area (Å²) in [6.45, 7) is 6.55. The molecule has 104 valence electrons. The number of rotatable bonds is 5. The van der Waals surface area contributed by atoms with Crippen LogP contribution in [0.1, 0.15) is 35.7 Å². The first-order valence-corrected chi connectivity index (χ1v) is 7.03. The molecule has 0 spiro atoms. The van der Waals surface area contributed by atoms with Crippen LogP contribution in [0.4, 0.5) is 0 Å². The molecule has 1 atom stereocenters. The second-order valence-corrected chi connectivity index (χ2v) is 5.17. The van der Waals surface area contributed by atoms with Crippen LogP contribution in [0, 0.1) is 0 Å². The van der Waals surface area contributed by atoms with Crippen LogP contribution in [-0.4, -0.2) is 36.5 Å². The number of likely N-dealkylation sites (N-methyl/N-ethyl adjacent to an activating group) is 1. The number of carbonyl (C=O) groups is 1. The third kappa shape index (κ3) is 4.04. The monoisotopic (exact) mass is 261 g/mol. The second kappa shape index (κ2) is 6.68. The molecule has 0 radical (unpaired) electrons. The van der Waals surface area contributed by atoms with E-state index in [1.54, 1.807) is 12.1 Å². The predicted molar refractivity (Wildman–Crippen MR) is 76.9 cm³/mol. The van der Waals surface area contributed by atoms with Crippen LogP contribution in [-0.2, 0) is 6.54 Å². The maximum absolute atomic E-state index is 11.0. The number of nitrogens with two attached hydrogens (primary N) is 1. The molecule has 1 amide bonds. The number of hydrogen-bond donors (Lipinski definition) is 2. The van der Waals surface area contributed by atoms with Crippen molar-refractivity contribution in [1.82, 2.24) is 10.2 Å². The third-order valence-corrected chi connectivity index (χ3v) is 3.79. The van der Waals surface area contributed by atoms with Crippen LogP contribution >= 0.6 is 0 Å². The lowest BCUT2D eigenvalue weighted by Crippen LogP contribution is -2.45. The van der Waals surface area contributed by atoms with E-state index in [2.05, 4.69) is 17.1 Å². The summed E-state index contributed by atoms with van der Waals surface area (Å²) in [5, 5.41) is 3.59.